The molecule has 1 aromatic carbocycles. The van der Waals surface area contributed by atoms with Gasteiger partial charge in [0.2, 0.25) is 0 Å². The van der Waals surface area contributed by atoms with Gasteiger partial charge in [0.15, 0.2) is 0 Å². The van der Waals surface area contributed by atoms with Crippen LogP contribution in [0.1, 0.15) is 30.4 Å². The number of hydrogen-bond acceptors (Lipinski definition) is 4. The first-order chi connectivity index (χ1) is 12.2. The molecule has 144 valence electrons. The zero-order chi connectivity index (χ0) is 18.9. The summed E-state index contributed by atoms with van der Waals surface area (Å²) in [5, 5.41) is 1.64. The summed E-state index contributed by atoms with van der Waals surface area (Å²) in [6.07, 6.45) is -1.81. The summed E-state index contributed by atoms with van der Waals surface area (Å²) in [6, 6.07) is 4.42. The lowest BCUT2D eigenvalue weighted by Gasteiger charge is -2.30. The Morgan fingerprint density at radius 3 is 2.38 bits per heavy atom. The number of alkyl halides is 3. The summed E-state index contributed by atoms with van der Waals surface area (Å²) < 4.78 is 63.0. The van der Waals surface area contributed by atoms with Gasteiger partial charge in [0, 0.05) is 26.2 Å². The monoisotopic (exact) mass is 391 g/mol. The van der Waals surface area contributed by atoms with Gasteiger partial charge in [-0.05, 0) is 42.5 Å². The molecule has 2 aliphatic heterocycles. The van der Waals surface area contributed by atoms with E-state index >= 15 is 0 Å². The molecule has 26 heavy (non-hydrogen) atoms. The molecule has 0 spiro atoms. The molecule has 2 aliphatic rings. The molecule has 0 aliphatic carbocycles. The van der Waals surface area contributed by atoms with E-state index in [9.17, 15) is 26.4 Å². The quantitative estimate of drug-likeness (QED) is 0.853. The summed E-state index contributed by atoms with van der Waals surface area (Å²) in [4.78, 5) is 14.7. The number of sulfonamides is 1. The molecule has 0 unspecified atom stereocenters. The van der Waals surface area contributed by atoms with Crippen molar-refractivity contribution < 1.29 is 26.4 Å². The third kappa shape index (κ3) is 4.18. The van der Waals surface area contributed by atoms with Gasteiger partial charge in [0.1, 0.15) is 0 Å². The second kappa shape index (κ2) is 7.16. The van der Waals surface area contributed by atoms with E-state index in [0.29, 0.717) is 23.6 Å². The molecule has 6 nitrogen and oxygen atoms in total. The highest BCUT2D eigenvalue weighted by molar-refractivity contribution is 7.89. The highest BCUT2D eigenvalue weighted by Crippen LogP contribution is 2.26. The molecular weight excluding hydrogens is 371 g/mol. The van der Waals surface area contributed by atoms with Crippen molar-refractivity contribution in [3.8, 4) is 0 Å². The van der Waals surface area contributed by atoms with Crippen molar-refractivity contribution in [1.82, 2.24) is 14.7 Å². The maximum atomic E-state index is 12.6. The van der Waals surface area contributed by atoms with Crippen LogP contribution in [0.15, 0.2) is 23.1 Å². The van der Waals surface area contributed by atoms with Gasteiger partial charge in [-0.3, -0.25) is 4.79 Å². The second-order valence-electron chi connectivity index (χ2n) is 6.55. The largest absolute Gasteiger partial charge is 0.471 e. The van der Waals surface area contributed by atoms with Crippen LogP contribution in [0.3, 0.4) is 0 Å². The lowest BCUT2D eigenvalue weighted by molar-refractivity contribution is -0.186. The van der Waals surface area contributed by atoms with Crippen LogP contribution in [0.2, 0.25) is 0 Å². The van der Waals surface area contributed by atoms with E-state index in [1.807, 2.05) is 0 Å². The number of carbonyl (C=O) groups excluding carboxylic acids is 1. The minimum absolute atomic E-state index is 0.0110. The van der Waals surface area contributed by atoms with Crippen molar-refractivity contribution in [3.05, 3.63) is 29.3 Å². The van der Waals surface area contributed by atoms with Crippen LogP contribution < -0.4 is 4.83 Å². The van der Waals surface area contributed by atoms with Crippen molar-refractivity contribution in [2.75, 3.05) is 19.6 Å². The van der Waals surface area contributed by atoms with Gasteiger partial charge < -0.3 is 4.90 Å². The Kier molecular flexibility index (Phi) is 5.27. The van der Waals surface area contributed by atoms with Crippen LogP contribution in [0.25, 0.3) is 0 Å². The summed E-state index contributed by atoms with van der Waals surface area (Å²) in [7, 11) is -3.81. The van der Waals surface area contributed by atoms with Gasteiger partial charge in [0.05, 0.1) is 4.90 Å². The predicted octanol–water partition coefficient (Wildman–Crippen LogP) is 1.81. The smallest absolute Gasteiger partial charge is 0.330 e. The van der Waals surface area contributed by atoms with E-state index in [2.05, 4.69) is 4.83 Å². The third-order valence-corrected chi connectivity index (χ3v) is 6.01. The first-order valence-electron chi connectivity index (χ1n) is 8.42. The molecule has 2 heterocycles. The molecule has 1 fully saturated rings. The molecule has 3 rings (SSSR count). The zero-order valence-electron chi connectivity index (χ0n) is 14.1. The second-order valence-corrected chi connectivity index (χ2v) is 8.21. The molecule has 1 N–H and O–H groups in total. The fourth-order valence-corrected chi connectivity index (χ4v) is 4.43. The van der Waals surface area contributed by atoms with Crippen molar-refractivity contribution in [2.45, 2.75) is 43.3 Å². The minimum atomic E-state index is -4.93. The van der Waals surface area contributed by atoms with E-state index < -0.39 is 22.1 Å². The molecular formula is C16H20F3N3O3S. The van der Waals surface area contributed by atoms with Gasteiger partial charge in [0.25, 0.3) is 10.0 Å². The van der Waals surface area contributed by atoms with E-state index in [0.717, 1.165) is 24.8 Å². The molecule has 0 bridgehead atoms. The highest BCUT2D eigenvalue weighted by atomic mass is 32.2. The number of nitrogens with one attached hydrogen (secondary N) is 1. The topological polar surface area (TPSA) is 69.7 Å². The number of amides is 1. The van der Waals surface area contributed by atoms with Crippen molar-refractivity contribution in [1.29, 1.82) is 0 Å². The first-order valence-corrected chi connectivity index (χ1v) is 9.90. The molecule has 0 aromatic heterocycles. The zero-order valence-corrected chi connectivity index (χ0v) is 14.9. The molecule has 0 atom stereocenters. The van der Waals surface area contributed by atoms with Crippen LogP contribution >= 0.6 is 0 Å². The molecule has 0 saturated carbocycles. The lowest BCUT2D eigenvalue weighted by atomic mass is 10.00. The maximum Gasteiger partial charge on any atom is 0.471 e. The molecule has 0 radical (unpaired) electrons. The summed E-state index contributed by atoms with van der Waals surface area (Å²) in [5.41, 5.74) is 1.18. The Morgan fingerprint density at radius 1 is 1.04 bits per heavy atom. The number of hydrazine groups is 1. The predicted molar refractivity (Wildman–Crippen MR) is 87.4 cm³/mol. The summed E-state index contributed by atoms with van der Waals surface area (Å²) in [5.74, 6) is -1.90. The van der Waals surface area contributed by atoms with Crippen LogP contribution in [0, 0.1) is 0 Å². The van der Waals surface area contributed by atoms with Gasteiger partial charge in [-0.15, -0.1) is 4.83 Å². The first kappa shape index (κ1) is 19.1. The van der Waals surface area contributed by atoms with Gasteiger partial charge in [-0.2, -0.15) is 13.2 Å². The molecule has 1 amide bonds. The van der Waals surface area contributed by atoms with E-state index in [4.69, 9.17) is 0 Å². The lowest BCUT2D eigenvalue weighted by Crippen LogP contribution is -2.45. The standard InChI is InChI=1S/C16H20F3N3O3S/c17-16(18,19)15(23)21-9-6-12-4-5-14(10-13(12)11-21)26(24,25)20-22-7-2-1-3-8-22/h4-5,10,20H,1-3,6-9,11H2. The Hall–Kier alpha value is -1.65. The van der Waals surface area contributed by atoms with Crippen LogP contribution in [-0.2, 0) is 27.8 Å². The highest BCUT2D eigenvalue weighted by Gasteiger charge is 2.43. The molecule has 10 heteroatoms. The van der Waals surface area contributed by atoms with Gasteiger partial charge in [-0.1, -0.05) is 12.5 Å². The normalized spacial score (nSPS) is 19.3. The Balaban J connectivity index is 1.79. The summed E-state index contributed by atoms with van der Waals surface area (Å²) in [6.45, 7) is 0.959. The number of nitrogens with zero attached hydrogens (tertiary/aromatic N) is 2. The Bertz CT molecular complexity index is 790. The minimum Gasteiger partial charge on any atom is -0.330 e. The third-order valence-electron chi connectivity index (χ3n) is 4.64. The van der Waals surface area contributed by atoms with E-state index in [1.165, 1.54) is 12.1 Å². The van der Waals surface area contributed by atoms with Crippen LogP contribution in [0.5, 0.6) is 0 Å². The molecule has 1 aromatic rings. The van der Waals surface area contributed by atoms with Crippen molar-refractivity contribution in [3.63, 3.8) is 0 Å². The number of piperidine rings is 1. The Labute approximate surface area is 150 Å². The summed E-state index contributed by atoms with van der Waals surface area (Å²) >= 11 is 0. The van der Waals surface area contributed by atoms with Crippen LogP contribution in [-0.4, -0.2) is 50.0 Å². The average molecular weight is 391 g/mol. The average Bonchev–Trinajstić information content (AvgIpc) is 2.60. The number of halogens is 3. The van der Waals surface area contributed by atoms with Crippen molar-refractivity contribution >= 4 is 15.9 Å². The van der Waals surface area contributed by atoms with Crippen molar-refractivity contribution in [2.24, 2.45) is 0 Å². The number of fused-ring (bicyclic) bond motifs is 1. The molecule has 1 saturated heterocycles. The van der Waals surface area contributed by atoms with Crippen LogP contribution in [0.4, 0.5) is 13.2 Å². The van der Waals surface area contributed by atoms with E-state index in [1.54, 1.807) is 11.1 Å². The fraction of sp³-hybridized carbons (Fsp3) is 0.562. The number of benzene rings is 1. The van der Waals surface area contributed by atoms with E-state index in [-0.39, 0.29) is 24.4 Å². The number of hydrogen-bond donors (Lipinski definition) is 1. The Morgan fingerprint density at radius 2 is 1.73 bits per heavy atom. The fourth-order valence-electron chi connectivity index (χ4n) is 3.26. The van der Waals surface area contributed by atoms with Gasteiger partial charge >= 0.3 is 12.1 Å². The number of carbonyl (C=O) groups is 1. The SMILES string of the molecule is O=C(N1CCc2ccc(S(=O)(=O)NN3CCCCC3)cc2C1)C(F)(F)F. The maximum absolute atomic E-state index is 12.6. The van der Waals surface area contributed by atoms with Gasteiger partial charge in [-0.25, -0.2) is 13.4 Å². The number of rotatable bonds is 3.